The van der Waals surface area contributed by atoms with Gasteiger partial charge in [-0.15, -0.1) is 11.8 Å². The van der Waals surface area contributed by atoms with Crippen LogP contribution in [0.3, 0.4) is 0 Å². The Hall–Kier alpha value is -1.13. The van der Waals surface area contributed by atoms with Crippen molar-refractivity contribution in [2.24, 2.45) is 0 Å². The Morgan fingerprint density at radius 1 is 1.47 bits per heavy atom. The molecule has 0 unspecified atom stereocenters. The van der Waals surface area contributed by atoms with E-state index in [0.29, 0.717) is 10.7 Å². The van der Waals surface area contributed by atoms with E-state index >= 15 is 0 Å². The van der Waals surface area contributed by atoms with Gasteiger partial charge in [0.05, 0.1) is 6.20 Å². The van der Waals surface area contributed by atoms with Crippen LogP contribution in [-0.4, -0.2) is 5.16 Å². The summed E-state index contributed by atoms with van der Waals surface area (Å²) >= 11 is 7.43. The van der Waals surface area contributed by atoms with Crippen LogP contribution in [0.4, 0.5) is 5.69 Å². The smallest absolute Gasteiger partial charge is 0.127 e. The van der Waals surface area contributed by atoms with Crippen molar-refractivity contribution in [2.75, 3.05) is 5.73 Å². The summed E-state index contributed by atoms with van der Waals surface area (Å²) in [5, 5.41) is 4.28. The van der Waals surface area contributed by atoms with Crippen LogP contribution in [-0.2, 0) is 5.75 Å². The van der Waals surface area contributed by atoms with Crippen molar-refractivity contribution in [3.8, 4) is 0 Å². The predicted octanol–water partition coefficient (Wildman–Crippen LogP) is 3.20. The summed E-state index contributed by atoms with van der Waals surface area (Å²) in [6.07, 6.45) is 3.32. The Bertz CT molecular complexity index is 445. The largest absolute Gasteiger partial charge is 0.398 e. The van der Waals surface area contributed by atoms with E-state index in [1.165, 1.54) is 0 Å². The van der Waals surface area contributed by atoms with Crippen molar-refractivity contribution >= 4 is 29.1 Å². The molecular weight excluding hydrogens is 232 g/mol. The van der Waals surface area contributed by atoms with Gasteiger partial charge in [-0.1, -0.05) is 16.8 Å². The standard InChI is InChI=1S/C10H9ClN2OS/c11-8-1-2-10(9(12)3-8)15-6-7-4-13-14-5-7/h1-5H,6,12H2. The molecule has 1 heterocycles. The quantitative estimate of drug-likeness (QED) is 0.661. The Morgan fingerprint density at radius 3 is 3.00 bits per heavy atom. The van der Waals surface area contributed by atoms with Crippen LogP contribution in [0.15, 0.2) is 40.1 Å². The van der Waals surface area contributed by atoms with E-state index in [2.05, 4.69) is 5.16 Å². The van der Waals surface area contributed by atoms with Crippen LogP contribution >= 0.6 is 23.4 Å². The van der Waals surface area contributed by atoms with E-state index in [1.54, 1.807) is 30.3 Å². The van der Waals surface area contributed by atoms with Crippen molar-refractivity contribution in [1.29, 1.82) is 0 Å². The van der Waals surface area contributed by atoms with Gasteiger partial charge < -0.3 is 10.3 Å². The molecule has 0 saturated carbocycles. The molecular formula is C10H9ClN2OS. The molecule has 0 bridgehead atoms. The fourth-order valence-corrected chi connectivity index (χ4v) is 2.14. The van der Waals surface area contributed by atoms with Gasteiger partial charge in [0.1, 0.15) is 6.26 Å². The number of rotatable bonds is 3. The topological polar surface area (TPSA) is 52.0 Å². The van der Waals surface area contributed by atoms with Crippen LogP contribution in [0.5, 0.6) is 0 Å². The molecule has 0 atom stereocenters. The third kappa shape index (κ3) is 2.67. The highest BCUT2D eigenvalue weighted by Crippen LogP contribution is 2.29. The molecule has 2 rings (SSSR count). The van der Waals surface area contributed by atoms with E-state index in [0.717, 1.165) is 16.2 Å². The zero-order chi connectivity index (χ0) is 10.7. The summed E-state index contributed by atoms with van der Waals surface area (Å²) in [4.78, 5) is 1.01. The van der Waals surface area contributed by atoms with Gasteiger partial charge >= 0.3 is 0 Å². The van der Waals surface area contributed by atoms with Gasteiger partial charge in [-0.25, -0.2) is 0 Å². The number of benzene rings is 1. The highest BCUT2D eigenvalue weighted by atomic mass is 35.5. The lowest BCUT2D eigenvalue weighted by Gasteiger charge is -2.03. The average Bonchev–Trinajstić information content (AvgIpc) is 2.69. The molecule has 5 heteroatoms. The minimum atomic E-state index is 0.654. The Labute approximate surface area is 96.6 Å². The SMILES string of the molecule is Nc1cc(Cl)ccc1SCc1cnoc1. The van der Waals surface area contributed by atoms with E-state index in [4.69, 9.17) is 21.9 Å². The minimum Gasteiger partial charge on any atom is -0.398 e. The van der Waals surface area contributed by atoms with Crippen LogP contribution in [0.25, 0.3) is 0 Å². The molecule has 15 heavy (non-hydrogen) atoms. The van der Waals surface area contributed by atoms with Crippen molar-refractivity contribution < 1.29 is 4.52 Å². The molecule has 3 nitrogen and oxygen atoms in total. The molecule has 0 saturated heterocycles. The number of hydrogen-bond acceptors (Lipinski definition) is 4. The van der Waals surface area contributed by atoms with Gasteiger partial charge in [-0.3, -0.25) is 0 Å². The number of nitrogens with zero attached hydrogens (tertiary/aromatic N) is 1. The minimum absolute atomic E-state index is 0.654. The van der Waals surface area contributed by atoms with Crippen molar-refractivity contribution in [2.45, 2.75) is 10.6 Å². The predicted molar refractivity (Wildman–Crippen MR) is 61.9 cm³/mol. The maximum Gasteiger partial charge on any atom is 0.127 e. The Balaban J connectivity index is 2.05. The van der Waals surface area contributed by atoms with Crippen molar-refractivity contribution in [3.63, 3.8) is 0 Å². The molecule has 0 aliphatic rings. The van der Waals surface area contributed by atoms with Gasteiger partial charge in [0.2, 0.25) is 0 Å². The van der Waals surface area contributed by atoms with Crippen molar-refractivity contribution in [3.05, 3.63) is 41.2 Å². The maximum absolute atomic E-state index is 5.82. The lowest BCUT2D eigenvalue weighted by atomic mass is 10.3. The first-order chi connectivity index (χ1) is 7.25. The average molecular weight is 241 g/mol. The molecule has 0 spiro atoms. The molecule has 2 aromatic rings. The molecule has 0 amide bonds. The highest BCUT2D eigenvalue weighted by Gasteiger charge is 2.02. The van der Waals surface area contributed by atoms with Crippen LogP contribution in [0.2, 0.25) is 5.02 Å². The van der Waals surface area contributed by atoms with Crippen LogP contribution < -0.4 is 5.73 Å². The summed E-state index contributed by atoms with van der Waals surface area (Å²) in [6.45, 7) is 0. The van der Waals surface area contributed by atoms with Crippen molar-refractivity contribution in [1.82, 2.24) is 5.16 Å². The molecule has 0 aliphatic heterocycles. The van der Waals surface area contributed by atoms with Gasteiger partial charge in [0.15, 0.2) is 0 Å². The number of nitrogens with two attached hydrogens (primary N) is 1. The second kappa shape index (κ2) is 4.59. The van der Waals surface area contributed by atoms with E-state index in [1.807, 2.05) is 12.1 Å². The van der Waals surface area contributed by atoms with E-state index in [9.17, 15) is 0 Å². The number of hydrogen-bond donors (Lipinski definition) is 1. The molecule has 2 N–H and O–H groups in total. The molecule has 1 aromatic carbocycles. The summed E-state index contributed by atoms with van der Waals surface area (Å²) in [5.74, 6) is 0.787. The normalized spacial score (nSPS) is 10.5. The lowest BCUT2D eigenvalue weighted by molar-refractivity contribution is 0.419. The zero-order valence-corrected chi connectivity index (χ0v) is 9.39. The number of anilines is 1. The number of nitrogen functional groups attached to an aromatic ring is 1. The van der Waals surface area contributed by atoms with E-state index < -0.39 is 0 Å². The Kier molecular flexibility index (Phi) is 3.18. The lowest BCUT2D eigenvalue weighted by Crippen LogP contribution is -1.88. The third-order valence-electron chi connectivity index (χ3n) is 1.85. The van der Waals surface area contributed by atoms with Gasteiger partial charge in [-0.2, -0.15) is 0 Å². The summed E-state index contributed by atoms with van der Waals surface area (Å²) in [5.41, 5.74) is 7.55. The monoisotopic (exact) mass is 240 g/mol. The first-order valence-electron chi connectivity index (χ1n) is 4.32. The first kappa shape index (κ1) is 10.4. The van der Waals surface area contributed by atoms with Gasteiger partial charge in [0, 0.05) is 26.9 Å². The molecule has 78 valence electrons. The second-order valence-electron chi connectivity index (χ2n) is 3.00. The van der Waals surface area contributed by atoms with Crippen LogP contribution in [0, 0.1) is 0 Å². The second-order valence-corrected chi connectivity index (χ2v) is 4.46. The fourth-order valence-electron chi connectivity index (χ4n) is 1.11. The Morgan fingerprint density at radius 2 is 2.33 bits per heavy atom. The maximum atomic E-state index is 5.82. The molecule has 0 radical (unpaired) electrons. The first-order valence-corrected chi connectivity index (χ1v) is 5.68. The molecule has 0 aliphatic carbocycles. The molecule has 0 fully saturated rings. The van der Waals surface area contributed by atoms with Gasteiger partial charge in [0.25, 0.3) is 0 Å². The summed E-state index contributed by atoms with van der Waals surface area (Å²) in [7, 11) is 0. The molecule has 1 aromatic heterocycles. The zero-order valence-electron chi connectivity index (χ0n) is 7.81. The number of aromatic nitrogens is 1. The fraction of sp³-hybridized carbons (Fsp3) is 0.100. The summed E-state index contributed by atoms with van der Waals surface area (Å²) in [6, 6.07) is 5.49. The van der Waals surface area contributed by atoms with E-state index in [-0.39, 0.29) is 0 Å². The number of halogens is 1. The summed E-state index contributed by atoms with van der Waals surface area (Å²) < 4.78 is 4.74. The third-order valence-corrected chi connectivity index (χ3v) is 3.25. The van der Waals surface area contributed by atoms with Gasteiger partial charge in [-0.05, 0) is 18.2 Å². The number of thioether (sulfide) groups is 1. The van der Waals surface area contributed by atoms with Crippen LogP contribution in [0.1, 0.15) is 5.56 Å². The highest BCUT2D eigenvalue weighted by molar-refractivity contribution is 7.98.